The largest absolute Gasteiger partial charge is 0.299 e. The summed E-state index contributed by atoms with van der Waals surface area (Å²) < 4.78 is 12.9. The van der Waals surface area contributed by atoms with E-state index in [4.69, 9.17) is 0 Å². The van der Waals surface area contributed by atoms with Crippen LogP contribution in [0, 0.1) is 11.8 Å². The molecule has 2 aliphatic carbocycles. The Morgan fingerprint density at radius 1 is 1.78 bits per heavy atom. The van der Waals surface area contributed by atoms with E-state index in [1.165, 1.54) is 0 Å². The number of carbonyl (C=O) groups is 1. The molecule has 2 heteroatoms. The molecule has 0 aromatic rings. The van der Waals surface area contributed by atoms with Crippen molar-refractivity contribution in [2.45, 2.75) is 25.4 Å². The highest BCUT2D eigenvalue weighted by Gasteiger charge is 2.68. The molecule has 0 spiro atoms. The Morgan fingerprint density at radius 2 is 2.44 bits per heavy atom. The Balaban J connectivity index is 2.23. The van der Waals surface area contributed by atoms with Gasteiger partial charge in [0.05, 0.1) is 5.92 Å². The molecule has 2 aliphatic rings. The first-order valence-corrected chi connectivity index (χ1v) is 3.35. The van der Waals surface area contributed by atoms with Gasteiger partial charge in [-0.05, 0) is 13.3 Å². The maximum absolute atomic E-state index is 12.9. The molecule has 0 aromatic heterocycles. The maximum Gasteiger partial charge on any atom is 0.139 e. The van der Waals surface area contributed by atoms with E-state index in [-0.39, 0.29) is 17.6 Å². The van der Waals surface area contributed by atoms with Gasteiger partial charge in [-0.25, -0.2) is 4.39 Å². The second-order valence-corrected chi connectivity index (χ2v) is 3.24. The molecule has 0 radical (unpaired) electrons. The van der Waals surface area contributed by atoms with Gasteiger partial charge in [-0.15, -0.1) is 0 Å². The van der Waals surface area contributed by atoms with Crippen molar-refractivity contribution in [3.63, 3.8) is 0 Å². The summed E-state index contributed by atoms with van der Waals surface area (Å²) >= 11 is 0. The van der Waals surface area contributed by atoms with Crippen LogP contribution in [0.4, 0.5) is 4.39 Å². The van der Waals surface area contributed by atoms with Gasteiger partial charge in [0.25, 0.3) is 0 Å². The van der Waals surface area contributed by atoms with Gasteiger partial charge in [-0.1, -0.05) is 0 Å². The molecule has 2 saturated carbocycles. The summed E-state index contributed by atoms with van der Waals surface area (Å²) in [7, 11) is 0. The van der Waals surface area contributed by atoms with Gasteiger partial charge in [0, 0.05) is 12.3 Å². The number of fused-ring (bicyclic) bond motifs is 1. The standard InChI is InChI=1S/C7H9FO/c1-7(8)4-2-3-5(9)6(4)7/h4,6H,2-3H2,1H3/t4?,6?,7-/m0/s1. The Kier molecular flexibility index (Phi) is 0.719. The van der Waals surface area contributed by atoms with Gasteiger partial charge in [0.1, 0.15) is 11.5 Å². The van der Waals surface area contributed by atoms with Gasteiger partial charge in [0.2, 0.25) is 0 Å². The van der Waals surface area contributed by atoms with E-state index in [9.17, 15) is 9.18 Å². The lowest BCUT2D eigenvalue weighted by molar-refractivity contribution is -0.120. The highest BCUT2D eigenvalue weighted by Crippen LogP contribution is 2.60. The van der Waals surface area contributed by atoms with Crippen molar-refractivity contribution >= 4 is 5.78 Å². The lowest BCUT2D eigenvalue weighted by atomic mass is 10.1. The summed E-state index contributed by atoms with van der Waals surface area (Å²) in [6, 6.07) is 0. The Labute approximate surface area is 53.2 Å². The van der Waals surface area contributed by atoms with Crippen molar-refractivity contribution in [3.05, 3.63) is 0 Å². The zero-order chi connectivity index (χ0) is 6.65. The minimum atomic E-state index is -1.12. The summed E-state index contributed by atoms with van der Waals surface area (Å²) in [6.45, 7) is 1.54. The van der Waals surface area contributed by atoms with Gasteiger partial charge < -0.3 is 0 Å². The molecule has 9 heavy (non-hydrogen) atoms. The van der Waals surface area contributed by atoms with Crippen molar-refractivity contribution in [1.29, 1.82) is 0 Å². The molecule has 0 N–H and O–H groups in total. The highest BCUT2D eigenvalue weighted by atomic mass is 19.1. The van der Waals surface area contributed by atoms with E-state index in [0.29, 0.717) is 6.42 Å². The van der Waals surface area contributed by atoms with Crippen LogP contribution in [0.1, 0.15) is 19.8 Å². The fourth-order valence-electron chi connectivity index (χ4n) is 2.01. The van der Waals surface area contributed by atoms with Crippen molar-refractivity contribution in [1.82, 2.24) is 0 Å². The first-order chi connectivity index (χ1) is 4.14. The number of rotatable bonds is 0. The fraction of sp³-hybridized carbons (Fsp3) is 0.857. The maximum atomic E-state index is 12.9. The Hall–Kier alpha value is -0.400. The van der Waals surface area contributed by atoms with E-state index in [1.807, 2.05) is 0 Å². The minimum Gasteiger partial charge on any atom is -0.299 e. The van der Waals surface area contributed by atoms with Crippen LogP contribution < -0.4 is 0 Å². The molecule has 2 fully saturated rings. The predicted molar refractivity (Wildman–Crippen MR) is 30.7 cm³/mol. The molecule has 50 valence electrons. The van der Waals surface area contributed by atoms with Crippen LogP contribution in [0.5, 0.6) is 0 Å². The third-order valence-corrected chi connectivity index (χ3v) is 2.67. The van der Waals surface area contributed by atoms with Gasteiger partial charge in [0.15, 0.2) is 0 Å². The predicted octanol–water partition coefficient (Wildman–Crippen LogP) is 1.32. The smallest absolute Gasteiger partial charge is 0.139 e. The van der Waals surface area contributed by atoms with E-state index < -0.39 is 5.67 Å². The number of alkyl halides is 1. The molecule has 0 saturated heterocycles. The lowest BCUT2D eigenvalue weighted by Crippen LogP contribution is -2.08. The molecule has 0 aliphatic heterocycles. The molecule has 2 unspecified atom stereocenters. The number of hydrogen-bond acceptors (Lipinski definition) is 1. The highest BCUT2D eigenvalue weighted by molar-refractivity contribution is 5.88. The molecular weight excluding hydrogens is 119 g/mol. The normalized spacial score (nSPS) is 55.6. The summed E-state index contributed by atoms with van der Waals surface area (Å²) in [5, 5.41) is 0. The first-order valence-electron chi connectivity index (χ1n) is 3.35. The fourth-order valence-corrected chi connectivity index (χ4v) is 2.01. The summed E-state index contributed by atoms with van der Waals surface area (Å²) in [5.41, 5.74) is -1.12. The van der Waals surface area contributed by atoms with Gasteiger partial charge >= 0.3 is 0 Å². The zero-order valence-electron chi connectivity index (χ0n) is 5.36. The summed E-state index contributed by atoms with van der Waals surface area (Å²) in [5.74, 6) is 0.0208. The minimum absolute atomic E-state index is 0.0880. The SMILES string of the molecule is C[C@]1(F)C2CCC(=O)C21. The number of carbonyl (C=O) groups excluding carboxylic acids is 1. The number of halogens is 1. The number of Topliss-reactive ketones (excluding diaryl/α,β-unsaturated/α-hetero) is 1. The molecule has 0 amide bonds. The second kappa shape index (κ2) is 1.20. The quantitative estimate of drug-likeness (QED) is 0.481. The van der Waals surface area contributed by atoms with E-state index in [0.717, 1.165) is 6.42 Å². The zero-order valence-corrected chi connectivity index (χ0v) is 5.36. The van der Waals surface area contributed by atoms with Crippen LogP contribution in [0.2, 0.25) is 0 Å². The van der Waals surface area contributed by atoms with Crippen LogP contribution >= 0.6 is 0 Å². The number of ketones is 1. The van der Waals surface area contributed by atoms with E-state index in [2.05, 4.69) is 0 Å². The topological polar surface area (TPSA) is 17.1 Å². The molecular formula is C7H9FO. The number of hydrogen-bond donors (Lipinski definition) is 0. The average Bonchev–Trinajstić information content (AvgIpc) is 2.19. The molecule has 3 atom stereocenters. The van der Waals surface area contributed by atoms with E-state index in [1.54, 1.807) is 6.92 Å². The molecule has 2 rings (SSSR count). The van der Waals surface area contributed by atoms with Gasteiger partial charge in [-0.2, -0.15) is 0 Å². The van der Waals surface area contributed by atoms with Crippen LogP contribution in [0.25, 0.3) is 0 Å². The van der Waals surface area contributed by atoms with Crippen LogP contribution in [-0.4, -0.2) is 11.5 Å². The monoisotopic (exact) mass is 128 g/mol. The average molecular weight is 128 g/mol. The summed E-state index contributed by atoms with van der Waals surface area (Å²) in [4.78, 5) is 10.8. The Bertz CT molecular complexity index is 174. The van der Waals surface area contributed by atoms with Crippen molar-refractivity contribution in [2.75, 3.05) is 0 Å². The van der Waals surface area contributed by atoms with E-state index >= 15 is 0 Å². The molecule has 0 heterocycles. The van der Waals surface area contributed by atoms with Crippen molar-refractivity contribution in [2.24, 2.45) is 11.8 Å². The third kappa shape index (κ3) is 0.467. The molecule has 0 aromatic carbocycles. The Morgan fingerprint density at radius 3 is 2.67 bits per heavy atom. The second-order valence-electron chi connectivity index (χ2n) is 3.24. The molecule has 1 nitrogen and oxygen atoms in total. The third-order valence-electron chi connectivity index (χ3n) is 2.67. The van der Waals surface area contributed by atoms with Crippen molar-refractivity contribution < 1.29 is 9.18 Å². The van der Waals surface area contributed by atoms with Crippen LogP contribution in [-0.2, 0) is 4.79 Å². The first kappa shape index (κ1) is 5.39. The lowest BCUT2D eigenvalue weighted by Gasteiger charge is -2.00. The van der Waals surface area contributed by atoms with Crippen LogP contribution in [0.15, 0.2) is 0 Å². The van der Waals surface area contributed by atoms with Crippen LogP contribution in [0.3, 0.4) is 0 Å². The van der Waals surface area contributed by atoms with Crippen molar-refractivity contribution in [3.8, 4) is 0 Å². The molecule has 0 bridgehead atoms. The summed E-state index contributed by atoms with van der Waals surface area (Å²) in [6.07, 6.45) is 1.41. The van der Waals surface area contributed by atoms with Gasteiger partial charge in [-0.3, -0.25) is 4.79 Å².